The third-order valence-electron chi connectivity index (χ3n) is 1.25. The van der Waals surface area contributed by atoms with E-state index in [1.807, 2.05) is 0 Å². The lowest BCUT2D eigenvalue weighted by molar-refractivity contribution is 0.314. The molecule has 0 fully saturated rings. The van der Waals surface area contributed by atoms with Crippen LogP contribution in [-0.2, 0) is 10.7 Å². The summed E-state index contributed by atoms with van der Waals surface area (Å²) in [5.74, 6) is 3.70. The number of thiol groups is 1. The monoisotopic (exact) mass is 191 g/mol. The maximum absolute atomic E-state index is 12.6. The van der Waals surface area contributed by atoms with Gasteiger partial charge in [0.05, 0.1) is 4.90 Å². The van der Waals surface area contributed by atoms with E-state index in [0.29, 0.717) is 0 Å². The van der Waals surface area contributed by atoms with Gasteiger partial charge in [0.1, 0.15) is 0 Å². The van der Waals surface area contributed by atoms with Crippen LogP contribution in [0, 0.1) is 5.82 Å². The Balaban J connectivity index is 3.22. The zero-order valence-electron chi connectivity index (χ0n) is 5.86. The molecule has 0 aliphatic heterocycles. The van der Waals surface area contributed by atoms with Crippen molar-refractivity contribution in [1.82, 2.24) is 0 Å². The van der Waals surface area contributed by atoms with Crippen LogP contribution in [0.1, 0.15) is 0 Å². The van der Waals surface area contributed by atoms with Gasteiger partial charge in [0.2, 0.25) is 0 Å². The van der Waals surface area contributed by atoms with Crippen LogP contribution in [0.4, 0.5) is 4.39 Å². The van der Waals surface area contributed by atoms with Gasteiger partial charge in [-0.3, -0.25) is 0 Å². The molecule has 0 heterocycles. The van der Waals surface area contributed by atoms with Crippen LogP contribution in [0.15, 0.2) is 23.1 Å². The molecule has 0 atom stereocenters. The predicted octanol–water partition coefficient (Wildman–Crippen LogP) is 0.0485. The molecule has 0 radical (unpaired) electrons. The summed E-state index contributed by atoms with van der Waals surface area (Å²) >= 11 is 0. The third kappa shape index (κ3) is 1.72. The average Bonchev–Trinajstić information content (AvgIpc) is 2.05. The summed E-state index contributed by atoms with van der Waals surface area (Å²) in [5.41, 5.74) is 0. The van der Waals surface area contributed by atoms with Gasteiger partial charge < -0.3 is 4.84 Å². The summed E-state index contributed by atoms with van der Waals surface area (Å²) in [6.45, 7) is 0. The highest BCUT2D eigenvalue weighted by Gasteiger charge is 2.04. The zero-order chi connectivity index (χ0) is 9.14. The summed E-state index contributed by atoms with van der Waals surface area (Å²) in [6.07, 6.45) is 0. The molecule has 1 aromatic rings. The van der Waals surface area contributed by atoms with Gasteiger partial charge in [-0.1, -0.05) is 0 Å². The van der Waals surface area contributed by atoms with Crippen LogP contribution in [0.25, 0.3) is 0 Å². The van der Waals surface area contributed by atoms with Crippen LogP contribution >= 0.6 is 0 Å². The Morgan fingerprint density at radius 3 is 2.58 bits per heavy atom. The first-order valence-electron chi connectivity index (χ1n) is 2.96. The van der Waals surface area contributed by atoms with E-state index in [2.05, 4.69) is 10.7 Å². The Kier molecular flexibility index (Phi) is 2.61. The highest BCUT2D eigenvalue weighted by atomic mass is 32.2. The van der Waals surface area contributed by atoms with E-state index in [1.54, 1.807) is 0 Å². The minimum atomic E-state index is -2.73. The molecule has 0 saturated carbocycles. The fourth-order valence-corrected chi connectivity index (χ4v) is 1.11. The fraction of sp³-hybridized carbons (Fsp3) is 0. The Hall–Kier alpha value is -1.14. The van der Waals surface area contributed by atoms with Crippen molar-refractivity contribution in [3.63, 3.8) is 0 Å². The maximum Gasteiger partial charge on any atom is 0.183 e. The molecule has 1 aromatic carbocycles. The first-order valence-corrected chi connectivity index (χ1v) is 4.13. The van der Waals surface area contributed by atoms with Gasteiger partial charge in [0.25, 0.3) is 0 Å². The van der Waals surface area contributed by atoms with E-state index in [1.165, 1.54) is 0 Å². The minimum Gasteiger partial charge on any atom is -0.408 e. The molecule has 0 spiro atoms. The van der Waals surface area contributed by atoms with Crippen molar-refractivity contribution in [3.05, 3.63) is 24.0 Å². The van der Waals surface area contributed by atoms with Crippen molar-refractivity contribution in [1.29, 1.82) is 0 Å². The molecule has 0 aromatic heterocycles. The summed E-state index contributed by atoms with van der Waals surface area (Å²) in [6, 6.07) is 3.12. The van der Waals surface area contributed by atoms with Crippen molar-refractivity contribution in [3.8, 4) is 5.75 Å². The summed E-state index contributed by atoms with van der Waals surface area (Å²) in [5, 5.41) is 0. The number of benzene rings is 1. The first-order chi connectivity index (χ1) is 5.65. The third-order valence-corrected chi connectivity index (χ3v) is 1.95. The van der Waals surface area contributed by atoms with E-state index in [0.717, 1.165) is 18.2 Å². The standard InChI is InChI=1S/C6H6FNO3S/c7-5-2-1-4(12(9)10)3-6(5)11-8/h1-3,12H,8H2. The molecule has 0 amide bonds. The van der Waals surface area contributed by atoms with Crippen molar-refractivity contribution in [2.45, 2.75) is 4.90 Å². The predicted molar refractivity (Wildman–Crippen MR) is 39.8 cm³/mol. The largest absolute Gasteiger partial charge is 0.408 e. The van der Waals surface area contributed by atoms with E-state index in [9.17, 15) is 12.8 Å². The second kappa shape index (κ2) is 3.51. The molecule has 0 unspecified atom stereocenters. The highest BCUT2D eigenvalue weighted by Crippen LogP contribution is 2.17. The lowest BCUT2D eigenvalue weighted by atomic mass is 10.3. The van der Waals surface area contributed by atoms with Crippen LogP contribution in [0.3, 0.4) is 0 Å². The Morgan fingerprint density at radius 2 is 2.08 bits per heavy atom. The fourth-order valence-electron chi connectivity index (χ4n) is 0.696. The Bertz CT molecular complexity index is 356. The maximum atomic E-state index is 12.6. The molecule has 0 aliphatic rings. The smallest absolute Gasteiger partial charge is 0.183 e. The molecular weight excluding hydrogens is 185 g/mol. The van der Waals surface area contributed by atoms with Crippen molar-refractivity contribution >= 4 is 10.7 Å². The van der Waals surface area contributed by atoms with Crippen LogP contribution in [0.5, 0.6) is 5.75 Å². The number of rotatable bonds is 2. The zero-order valence-corrected chi connectivity index (χ0v) is 6.75. The number of halogens is 1. The Labute approximate surface area is 69.7 Å². The number of hydrogen-bond acceptors (Lipinski definition) is 4. The van der Waals surface area contributed by atoms with E-state index in [4.69, 9.17) is 0 Å². The average molecular weight is 191 g/mol. The lowest BCUT2D eigenvalue weighted by Crippen LogP contribution is -2.04. The molecule has 12 heavy (non-hydrogen) atoms. The summed E-state index contributed by atoms with van der Waals surface area (Å²) < 4.78 is 33.4. The van der Waals surface area contributed by atoms with Gasteiger partial charge in [-0.15, -0.1) is 0 Å². The topological polar surface area (TPSA) is 69.4 Å². The molecule has 0 bridgehead atoms. The van der Waals surface area contributed by atoms with Gasteiger partial charge in [-0.05, 0) is 12.1 Å². The second-order valence-electron chi connectivity index (χ2n) is 1.99. The second-order valence-corrected chi connectivity index (χ2v) is 3.02. The molecule has 66 valence electrons. The minimum absolute atomic E-state index is 0.0353. The Morgan fingerprint density at radius 1 is 1.42 bits per heavy atom. The summed E-state index contributed by atoms with van der Waals surface area (Å²) in [7, 11) is -2.73. The van der Waals surface area contributed by atoms with Crippen molar-refractivity contribution < 1.29 is 17.6 Å². The van der Waals surface area contributed by atoms with E-state index >= 15 is 0 Å². The van der Waals surface area contributed by atoms with Gasteiger partial charge in [0, 0.05) is 6.07 Å². The SMILES string of the molecule is NOc1cc([SH](=O)=O)ccc1F. The van der Waals surface area contributed by atoms with Gasteiger partial charge in [-0.25, -0.2) is 12.8 Å². The van der Waals surface area contributed by atoms with Crippen molar-refractivity contribution in [2.24, 2.45) is 5.90 Å². The van der Waals surface area contributed by atoms with Gasteiger partial charge in [0.15, 0.2) is 22.3 Å². The number of nitrogens with two attached hydrogens (primary N) is 1. The molecule has 4 nitrogen and oxygen atoms in total. The molecule has 6 heteroatoms. The molecule has 0 aliphatic carbocycles. The van der Waals surface area contributed by atoms with E-state index < -0.39 is 16.5 Å². The molecule has 0 saturated heterocycles. The quantitative estimate of drug-likeness (QED) is 0.512. The van der Waals surface area contributed by atoms with Crippen LogP contribution in [0.2, 0.25) is 0 Å². The highest BCUT2D eigenvalue weighted by molar-refractivity contribution is 7.72. The molecule has 2 N–H and O–H groups in total. The van der Waals surface area contributed by atoms with Crippen molar-refractivity contribution in [2.75, 3.05) is 0 Å². The van der Waals surface area contributed by atoms with Gasteiger partial charge in [-0.2, -0.15) is 5.90 Å². The first kappa shape index (κ1) is 8.95. The van der Waals surface area contributed by atoms with Gasteiger partial charge >= 0.3 is 0 Å². The molecular formula is C6H6FNO3S. The van der Waals surface area contributed by atoms with Crippen LogP contribution in [-0.4, -0.2) is 8.42 Å². The van der Waals surface area contributed by atoms with E-state index in [-0.39, 0.29) is 10.6 Å². The summed E-state index contributed by atoms with van der Waals surface area (Å²) in [4.78, 5) is 4.06. The number of hydrogen-bond donors (Lipinski definition) is 2. The normalized spacial score (nSPS) is 10.2. The van der Waals surface area contributed by atoms with Crippen LogP contribution < -0.4 is 10.7 Å². The lowest BCUT2D eigenvalue weighted by Gasteiger charge is -1.99. The molecule has 1 rings (SSSR count).